The number of carbonyl (C=O) groups excluding carboxylic acids is 2. The number of halogens is 4. The molecule has 0 unspecified atom stereocenters. The average Bonchev–Trinajstić information content (AvgIpc) is 2.84. The van der Waals surface area contributed by atoms with Crippen LogP contribution in [-0.4, -0.2) is 73.2 Å². The highest BCUT2D eigenvalue weighted by Crippen LogP contribution is 2.42. The SMILES string of the molecule is CN(C)C(=O)c1ccc(N2CCC(CC3CN(C(=O)[C@](O)(c4ccccc4)C(F)(F)F)C3)CC2)cc1Cl. The Labute approximate surface area is 219 Å². The molecule has 10 heteroatoms. The van der Waals surface area contributed by atoms with Crippen LogP contribution in [0.1, 0.15) is 35.2 Å². The number of carbonyl (C=O) groups is 2. The molecule has 0 saturated carbocycles. The van der Waals surface area contributed by atoms with Gasteiger partial charge in [0.05, 0.1) is 10.6 Å². The molecule has 2 aliphatic rings. The van der Waals surface area contributed by atoms with Crippen LogP contribution in [-0.2, 0) is 10.4 Å². The highest BCUT2D eigenvalue weighted by molar-refractivity contribution is 6.34. The molecule has 2 amide bonds. The van der Waals surface area contributed by atoms with Crippen LogP contribution >= 0.6 is 11.6 Å². The van der Waals surface area contributed by atoms with Gasteiger partial charge in [-0.25, -0.2) is 0 Å². The first kappa shape index (κ1) is 27.3. The van der Waals surface area contributed by atoms with Gasteiger partial charge in [-0.15, -0.1) is 0 Å². The van der Waals surface area contributed by atoms with Gasteiger partial charge in [-0.05, 0) is 49.3 Å². The average molecular weight is 538 g/mol. The molecule has 200 valence electrons. The highest BCUT2D eigenvalue weighted by Gasteiger charge is 2.62. The summed E-state index contributed by atoms with van der Waals surface area (Å²) < 4.78 is 41.4. The maximum atomic E-state index is 13.8. The molecule has 2 aromatic rings. The van der Waals surface area contributed by atoms with Crippen molar-refractivity contribution >= 4 is 29.1 Å². The van der Waals surface area contributed by atoms with Gasteiger partial charge in [-0.3, -0.25) is 9.59 Å². The first-order valence-corrected chi connectivity index (χ1v) is 12.7. The number of hydrogen-bond acceptors (Lipinski definition) is 4. The first-order valence-electron chi connectivity index (χ1n) is 12.3. The molecule has 37 heavy (non-hydrogen) atoms. The predicted molar refractivity (Wildman–Crippen MR) is 135 cm³/mol. The van der Waals surface area contributed by atoms with E-state index in [0.29, 0.717) is 16.5 Å². The molecule has 1 atom stereocenters. The van der Waals surface area contributed by atoms with Crippen molar-refractivity contribution in [3.05, 3.63) is 64.7 Å². The van der Waals surface area contributed by atoms with Gasteiger partial charge in [0.2, 0.25) is 0 Å². The van der Waals surface area contributed by atoms with Crippen molar-refractivity contribution in [3.63, 3.8) is 0 Å². The normalized spacial score (nSPS) is 18.8. The Morgan fingerprint density at radius 1 is 1.03 bits per heavy atom. The number of likely N-dealkylation sites (tertiary alicyclic amines) is 1. The lowest BCUT2D eigenvalue weighted by Crippen LogP contribution is -2.61. The number of piperidine rings is 1. The van der Waals surface area contributed by atoms with Crippen LogP contribution in [0.15, 0.2) is 48.5 Å². The van der Waals surface area contributed by atoms with E-state index in [2.05, 4.69) is 4.90 Å². The van der Waals surface area contributed by atoms with Crippen LogP contribution in [0.25, 0.3) is 0 Å². The van der Waals surface area contributed by atoms with Crippen LogP contribution in [0.5, 0.6) is 0 Å². The number of amides is 2. The van der Waals surface area contributed by atoms with Gasteiger partial charge >= 0.3 is 6.18 Å². The molecule has 2 saturated heterocycles. The fourth-order valence-electron chi connectivity index (χ4n) is 5.21. The first-order chi connectivity index (χ1) is 17.4. The Hall–Kier alpha value is -2.78. The Bertz CT molecular complexity index is 1130. The molecule has 1 N–H and O–H groups in total. The van der Waals surface area contributed by atoms with Gasteiger partial charge in [-0.1, -0.05) is 41.9 Å². The topological polar surface area (TPSA) is 64.1 Å². The van der Waals surface area contributed by atoms with E-state index in [4.69, 9.17) is 11.6 Å². The van der Waals surface area contributed by atoms with Crippen molar-refractivity contribution in [1.82, 2.24) is 9.80 Å². The fourth-order valence-corrected chi connectivity index (χ4v) is 5.47. The van der Waals surface area contributed by atoms with Crippen LogP contribution in [0.4, 0.5) is 18.9 Å². The number of hydrogen-bond donors (Lipinski definition) is 1. The molecule has 0 bridgehead atoms. The molecule has 2 fully saturated rings. The summed E-state index contributed by atoms with van der Waals surface area (Å²) in [6.45, 7) is 2.03. The Kier molecular flexibility index (Phi) is 7.76. The molecule has 2 heterocycles. The van der Waals surface area contributed by atoms with E-state index in [0.717, 1.165) is 55.1 Å². The Balaban J connectivity index is 1.30. The Morgan fingerprint density at radius 3 is 2.19 bits per heavy atom. The Morgan fingerprint density at radius 2 is 1.65 bits per heavy atom. The van der Waals surface area contributed by atoms with Crippen molar-refractivity contribution in [2.75, 3.05) is 45.2 Å². The molecule has 2 aliphatic heterocycles. The molecule has 2 aromatic carbocycles. The fraction of sp³-hybridized carbons (Fsp3) is 0.481. The van der Waals surface area contributed by atoms with Gasteiger partial charge in [0, 0.05) is 51.5 Å². The van der Waals surface area contributed by atoms with Crippen molar-refractivity contribution in [2.45, 2.75) is 31.0 Å². The summed E-state index contributed by atoms with van der Waals surface area (Å²) >= 11 is 6.36. The minimum Gasteiger partial charge on any atom is -0.371 e. The maximum absolute atomic E-state index is 13.8. The van der Waals surface area contributed by atoms with Crippen molar-refractivity contribution in [3.8, 4) is 0 Å². The summed E-state index contributed by atoms with van der Waals surface area (Å²) in [7, 11) is 3.35. The lowest BCUT2D eigenvalue weighted by atomic mass is 9.82. The van der Waals surface area contributed by atoms with Crippen LogP contribution in [0, 0.1) is 11.8 Å². The summed E-state index contributed by atoms with van der Waals surface area (Å²) in [5.74, 6) is -0.954. The zero-order valence-corrected chi connectivity index (χ0v) is 21.6. The lowest BCUT2D eigenvalue weighted by molar-refractivity contribution is -0.264. The van der Waals surface area contributed by atoms with Crippen molar-refractivity contribution in [2.24, 2.45) is 11.8 Å². The van der Waals surface area contributed by atoms with E-state index >= 15 is 0 Å². The van der Waals surface area contributed by atoms with Crippen molar-refractivity contribution < 1.29 is 27.9 Å². The maximum Gasteiger partial charge on any atom is 0.430 e. The molecule has 0 radical (unpaired) electrons. The number of alkyl halides is 3. The summed E-state index contributed by atoms with van der Waals surface area (Å²) in [5, 5.41) is 10.9. The second kappa shape index (κ2) is 10.5. The summed E-state index contributed by atoms with van der Waals surface area (Å²) in [4.78, 5) is 29.8. The van der Waals surface area contributed by atoms with E-state index in [1.165, 1.54) is 23.1 Å². The molecule has 4 rings (SSSR count). The van der Waals surface area contributed by atoms with Gasteiger partial charge in [0.15, 0.2) is 0 Å². The standard InChI is InChI=1S/C27H31ClF3N3O3/c1-32(2)24(35)22-9-8-21(15-23(22)28)33-12-10-18(11-13-33)14-19-16-34(17-19)25(36)26(37,27(29,30)31)20-6-4-3-5-7-20/h3-9,15,18-19,37H,10-14,16-17H2,1-2H3/t26-/m1/s1. The zero-order chi connectivity index (χ0) is 27.0. The smallest absolute Gasteiger partial charge is 0.371 e. The van der Waals surface area contributed by atoms with Gasteiger partial charge < -0.3 is 19.8 Å². The van der Waals surface area contributed by atoms with Gasteiger partial charge in [0.25, 0.3) is 17.4 Å². The van der Waals surface area contributed by atoms with E-state index in [1.54, 1.807) is 20.2 Å². The van der Waals surface area contributed by atoms with E-state index in [1.807, 2.05) is 12.1 Å². The van der Waals surface area contributed by atoms with Crippen molar-refractivity contribution in [1.29, 1.82) is 0 Å². The number of benzene rings is 2. The quantitative estimate of drug-likeness (QED) is 0.587. The summed E-state index contributed by atoms with van der Waals surface area (Å²) in [5.41, 5.74) is -2.61. The van der Waals surface area contributed by atoms with E-state index in [9.17, 15) is 27.9 Å². The number of nitrogens with zero attached hydrogens (tertiary/aromatic N) is 3. The second-order valence-electron chi connectivity index (χ2n) is 10.2. The van der Waals surface area contributed by atoms with E-state index in [-0.39, 0.29) is 24.9 Å². The molecular formula is C27H31ClF3N3O3. The van der Waals surface area contributed by atoms with Crippen LogP contribution in [0.2, 0.25) is 5.02 Å². The molecule has 0 aliphatic carbocycles. The molecule has 6 nitrogen and oxygen atoms in total. The third kappa shape index (κ3) is 5.43. The third-order valence-corrected chi connectivity index (χ3v) is 7.70. The van der Waals surface area contributed by atoms with Gasteiger partial charge in [-0.2, -0.15) is 13.2 Å². The molecule has 0 aromatic heterocycles. The minimum absolute atomic E-state index is 0.111. The van der Waals surface area contributed by atoms with E-state index < -0.39 is 23.2 Å². The number of anilines is 1. The second-order valence-corrected chi connectivity index (χ2v) is 10.6. The highest BCUT2D eigenvalue weighted by atomic mass is 35.5. The monoisotopic (exact) mass is 537 g/mol. The lowest BCUT2D eigenvalue weighted by Gasteiger charge is -2.45. The number of rotatable bonds is 6. The summed E-state index contributed by atoms with van der Waals surface area (Å²) in [6.07, 6.45) is -2.47. The molecule has 0 spiro atoms. The predicted octanol–water partition coefficient (Wildman–Crippen LogP) is 4.56. The van der Waals surface area contributed by atoms with Crippen LogP contribution < -0.4 is 4.90 Å². The zero-order valence-electron chi connectivity index (χ0n) is 20.8. The third-order valence-electron chi connectivity index (χ3n) is 7.39. The van der Waals surface area contributed by atoms with Crippen LogP contribution in [0.3, 0.4) is 0 Å². The molecular weight excluding hydrogens is 507 g/mol. The summed E-state index contributed by atoms with van der Waals surface area (Å²) in [6, 6.07) is 12.0. The number of aliphatic hydroxyl groups is 1. The van der Waals surface area contributed by atoms with Gasteiger partial charge in [0.1, 0.15) is 0 Å². The largest absolute Gasteiger partial charge is 0.430 e. The minimum atomic E-state index is -5.12.